The van der Waals surface area contributed by atoms with E-state index >= 15 is 0 Å². The number of sulfone groups is 1. The van der Waals surface area contributed by atoms with Gasteiger partial charge in [0.05, 0.1) is 24.2 Å². The minimum absolute atomic E-state index is 0.00000460. The molecule has 176 valence electrons. The molecule has 3 aromatic rings. The van der Waals surface area contributed by atoms with Crippen molar-refractivity contribution >= 4 is 33.5 Å². The van der Waals surface area contributed by atoms with E-state index in [1.54, 1.807) is 23.9 Å². The Hall–Kier alpha value is -2.85. The number of carbonyl (C=O) groups is 1. The predicted octanol–water partition coefficient (Wildman–Crippen LogP) is 4.36. The fraction of sp³-hybridized carbons (Fsp3) is 0.348. The third-order valence-corrected chi connectivity index (χ3v) is 7.43. The zero-order chi connectivity index (χ0) is 23.8. The van der Waals surface area contributed by atoms with Crippen LogP contribution in [0.1, 0.15) is 38.1 Å². The van der Waals surface area contributed by atoms with Gasteiger partial charge in [-0.3, -0.25) is 10.1 Å². The summed E-state index contributed by atoms with van der Waals surface area (Å²) in [6, 6.07) is 14.3. The highest BCUT2D eigenvalue weighted by Crippen LogP contribution is 2.23. The highest BCUT2D eigenvalue weighted by Gasteiger charge is 2.16. The first-order valence-electron chi connectivity index (χ1n) is 10.5. The quantitative estimate of drug-likeness (QED) is 0.396. The predicted molar refractivity (Wildman–Crippen MR) is 127 cm³/mol. The molecule has 0 aliphatic carbocycles. The van der Waals surface area contributed by atoms with Crippen molar-refractivity contribution in [3.8, 4) is 5.75 Å². The van der Waals surface area contributed by atoms with Crippen LogP contribution in [0, 0.1) is 0 Å². The Bertz CT molecular complexity index is 1160. The molecule has 10 heteroatoms. The summed E-state index contributed by atoms with van der Waals surface area (Å²) in [7, 11) is -1.97. The van der Waals surface area contributed by atoms with Gasteiger partial charge < -0.3 is 9.15 Å². The second-order valence-electron chi connectivity index (χ2n) is 7.63. The van der Waals surface area contributed by atoms with Crippen molar-refractivity contribution < 1.29 is 22.4 Å². The molecule has 0 spiro atoms. The number of hydrogen-bond acceptors (Lipinski definition) is 8. The van der Waals surface area contributed by atoms with E-state index in [1.807, 2.05) is 12.1 Å². The summed E-state index contributed by atoms with van der Waals surface area (Å²) in [5.41, 5.74) is 1.02. The molecule has 0 saturated heterocycles. The zero-order valence-corrected chi connectivity index (χ0v) is 20.4. The number of benzene rings is 2. The third-order valence-electron chi connectivity index (χ3n) is 4.60. The van der Waals surface area contributed by atoms with Gasteiger partial charge in [0.1, 0.15) is 5.75 Å². The molecule has 0 saturated carbocycles. The maximum atomic E-state index is 12.4. The monoisotopic (exact) mass is 489 g/mol. The first-order chi connectivity index (χ1) is 15.7. The molecule has 3 rings (SSSR count). The minimum Gasteiger partial charge on any atom is -0.497 e. The van der Waals surface area contributed by atoms with Crippen molar-refractivity contribution in [2.24, 2.45) is 0 Å². The van der Waals surface area contributed by atoms with E-state index in [2.05, 4.69) is 41.5 Å². The van der Waals surface area contributed by atoms with Crippen LogP contribution in [0.25, 0.3) is 0 Å². The van der Waals surface area contributed by atoms with Crippen LogP contribution in [0.5, 0.6) is 5.75 Å². The fourth-order valence-electron chi connectivity index (χ4n) is 3.01. The van der Waals surface area contributed by atoms with Gasteiger partial charge in [-0.25, -0.2) is 8.42 Å². The van der Waals surface area contributed by atoms with Crippen molar-refractivity contribution in [1.29, 1.82) is 0 Å². The average molecular weight is 490 g/mol. The van der Waals surface area contributed by atoms with Crippen LogP contribution >= 0.6 is 11.8 Å². The number of anilines is 1. The highest BCUT2D eigenvalue weighted by atomic mass is 32.2. The van der Waals surface area contributed by atoms with Crippen LogP contribution < -0.4 is 10.1 Å². The van der Waals surface area contributed by atoms with Crippen LogP contribution in [0.3, 0.4) is 0 Å². The molecule has 0 aliphatic rings. The largest absolute Gasteiger partial charge is 0.497 e. The SMILES string of the molecule is COc1ccc(S(=O)(=O)CCCC(=O)Nc2nnc(Cc3ccc(SC(C)C)cc3)o2)cc1. The summed E-state index contributed by atoms with van der Waals surface area (Å²) in [4.78, 5) is 13.5. The van der Waals surface area contributed by atoms with Crippen molar-refractivity contribution in [3.63, 3.8) is 0 Å². The van der Waals surface area contributed by atoms with Gasteiger partial charge >= 0.3 is 6.01 Å². The van der Waals surface area contributed by atoms with E-state index in [-0.39, 0.29) is 35.4 Å². The molecule has 0 aliphatic heterocycles. The van der Waals surface area contributed by atoms with Crippen LogP contribution in [0.4, 0.5) is 6.01 Å². The molecule has 1 amide bonds. The van der Waals surface area contributed by atoms with Crippen molar-refractivity contribution in [2.45, 2.75) is 48.2 Å². The van der Waals surface area contributed by atoms with Crippen LogP contribution in [-0.4, -0.2) is 42.6 Å². The minimum atomic E-state index is -3.48. The van der Waals surface area contributed by atoms with Crippen LogP contribution in [0.15, 0.2) is 62.7 Å². The maximum absolute atomic E-state index is 12.4. The van der Waals surface area contributed by atoms with E-state index in [9.17, 15) is 13.2 Å². The number of nitrogens with zero attached hydrogens (tertiary/aromatic N) is 2. The zero-order valence-electron chi connectivity index (χ0n) is 18.8. The maximum Gasteiger partial charge on any atom is 0.322 e. The summed E-state index contributed by atoms with van der Waals surface area (Å²) in [6.07, 6.45) is 0.638. The summed E-state index contributed by atoms with van der Waals surface area (Å²) < 4.78 is 35.4. The number of thioether (sulfide) groups is 1. The number of nitrogens with one attached hydrogen (secondary N) is 1. The lowest BCUT2D eigenvalue weighted by atomic mass is 10.1. The molecular formula is C23H27N3O5S2. The van der Waals surface area contributed by atoms with E-state index in [4.69, 9.17) is 9.15 Å². The first kappa shape index (κ1) is 24.8. The van der Waals surface area contributed by atoms with Gasteiger partial charge in [0, 0.05) is 16.6 Å². The fourth-order valence-corrected chi connectivity index (χ4v) is 5.16. The number of hydrogen-bond donors (Lipinski definition) is 1. The lowest BCUT2D eigenvalue weighted by Gasteiger charge is -2.06. The number of amides is 1. The number of carbonyl (C=O) groups excluding carboxylic acids is 1. The topological polar surface area (TPSA) is 111 Å². The van der Waals surface area contributed by atoms with Gasteiger partial charge in [0.25, 0.3) is 0 Å². The number of rotatable bonds is 11. The van der Waals surface area contributed by atoms with Crippen LogP contribution in [-0.2, 0) is 21.1 Å². The van der Waals surface area contributed by atoms with Crippen LogP contribution in [0.2, 0.25) is 0 Å². The third kappa shape index (κ3) is 7.61. The Kier molecular flexibility index (Phi) is 8.51. The molecule has 0 atom stereocenters. The second kappa shape index (κ2) is 11.3. The van der Waals surface area contributed by atoms with E-state index in [0.29, 0.717) is 23.3 Å². The lowest BCUT2D eigenvalue weighted by molar-refractivity contribution is -0.116. The smallest absolute Gasteiger partial charge is 0.322 e. The first-order valence-corrected chi connectivity index (χ1v) is 13.0. The number of methoxy groups -OCH3 is 1. The highest BCUT2D eigenvalue weighted by molar-refractivity contribution is 7.99. The summed E-state index contributed by atoms with van der Waals surface area (Å²) >= 11 is 1.79. The van der Waals surface area contributed by atoms with Gasteiger partial charge in [-0.15, -0.1) is 16.9 Å². The van der Waals surface area contributed by atoms with Crippen molar-refractivity contribution in [3.05, 3.63) is 60.0 Å². The molecule has 0 radical (unpaired) electrons. The van der Waals surface area contributed by atoms with E-state index < -0.39 is 9.84 Å². The Morgan fingerprint density at radius 1 is 1.09 bits per heavy atom. The number of ether oxygens (including phenoxy) is 1. The molecule has 0 unspecified atom stereocenters. The van der Waals surface area contributed by atoms with E-state index in [1.165, 1.54) is 24.1 Å². The Morgan fingerprint density at radius 2 is 1.79 bits per heavy atom. The molecule has 8 nitrogen and oxygen atoms in total. The molecule has 2 aromatic carbocycles. The van der Waals surface area contributed by atoms with Gasteiger partial charge in [0.15, 0.2) is 9.84 Å². The molecule has 1 N–H and O–H groups in total. The van der Waals surface area contributed by atoms with Gasteiger partial charge in [-0.2, -0.15) is 0 Å². The Labute approximate surface area is 198 Å². The van der Waals surface area contributed by atoms with E-state index in [0.717, 1.165) is 5.56 Å². The van der Waals surface area contributed by atoms with Crippen molar-refractivity contribution in [1.82, 2.24) is 10.2 Å². The summed E-state index contributed by atoms with van der Waals surface area (Å²) in [6.45, 7) is 4.29. The average Bonchev–Trinajstić information content (AvgIpc) is 3.21. The lowest BCUT2D eigenvalue weighted by Crippen LogP contribution is -2.14. The molecule has 33 heavy (non-hydrogen) atoms. The molecule has 0 fully saturated rings. The summed E-state index contributed by atoms with van der Waals surface area (Å²) in [5.74, 6) is 0.434. The molecular weight excluding hydrogens is 462 g/mol. The second-order valence-corrected chi connectivity index (χ2v) is 11.4. The number of aromatic nitrogens is 2. The standard InChI is InChI=1S/C23H27N3O5S2/c1-16(2)32-19-10-6-17(7-11-19)15-22-25-26-23(31-22)24-21(27)5-4-14-33(28,29)20-12-8-18(30-3)9-13-20/h6-13,16H,4-5,14-15H2,1-3H3,(H,24,26,27). The Balaban J connectivity index is 1.46. The van der Waals surface area contributed by atoms with Gasteiger partial charge in [-0.1, -0.05) is 31.1 Å². The summed E-state index contributed by atoms with van der Waals surface area (Å²) in [5, 5.41) is 10.9. The van der Waals surface area contributed by atoms with Gasteiger partial charge in [-0.05, 0) is 48.4 Å². The molecule has 1 heterocycles. The molecule has 0 bridgehead atoms. The molecule has 1 aromatic heterocycles. The van der Waals surface area contributed by atoms with Gasteiger partial charge in [0.2, 0.25) is 11.8 Å². The Morgan fingerprint density at radius 3 is 2.42 bits per heavy atom. The normalized spacial score (nSPS) is 11.5. The van der Waals surface area contributed by atoms with Crippen molar-refractivity contribution in [2.75, 3.05) is 18.2 Å².